The topological polar surface area (TPSA) is 60.5 Å². The van der Waals surface area contributed by atoms with E-state index in [1.807, 2.05) is 12.1 Å². The summed E-state index contributed by atoms with van der Waals surface area (Å²) in [4.78, 5) is 3.90. The first-order valence-electron chi connectivity index (χ1n) is 5.43. The smallest absolute Gasteiger partial charge is 0.300 e. The lowest BCUT2D eigenvalue weighted by Crippen LogP contribution is -2.08. The van der Waals surface area contributed by atoms with E-state index in [1.54, 1.807) is 38.5 Å². The van der Waals surface area contributed by atoms with Gasteiger partial charge in [-0.3, -0.25) is 19.1 Å². The van der Waals surface area contributed by atoms with Crippen LogP contribution in [0.1, 0.15) is 19.4 Å². The van der Waals surface area contributed by atoms with Crippen LogP contribution in [0.15, 0.2) is 30.7 Å². The summed E-state index contributed by atoms with van der Waals surface area (Å²) in [6, 6.07) is 3.68. The zero-order chi connectivity index (χ0) is 12.6. The minimum absolute atomic E-state index is 0.327. The van der Waals surface area contributed by atoms with Crippen molar-refractivity contribution in [1.82, 2.24) is 10.1 Å². The maximum absolute atomic E-state index is 12.0. The van der Waals surface area contributed by atoms with Crippen LogP contribution in [0.2, 0.25) is 0 Å². The van der Waals surface area contributed by atoms with Crippen LogP contribution in [0.4, 0.5) is 0 Å². The molecule has 0 aliphatic carbocycles. The van der Waals surface area contributed by atoms with Crippen molar-refractivity contribution in [3.63, 3.8) is 0 Å². The van der Waals surface area contributed by atoms with Crippen LogP contribution in [-0.4, -0.2) is 18.2 Å². The molecule has 0 spiro atoms. The van der Waals surface area contributed by atoms with Crippen LogP contribution in [0.3, 0.4) is 0 Å². The van der Waals surface area contributed by atoms with Gasteiger partial charge in [0.15, 0.2) is 0 Å². The third kappa shape index (κ3) is 5.13. The Hall–Kier alpha value is -1.16. The number of hydrogen-bond acceptors (Lipinski definition) is 4. The Morgan fingerprint density at radius 1 is 1.29 bits per heavy atom. The van der Waals surface area contributed by atoms with Gasteiger partial charge < -0.3 is 0 Å². The highest BCUT2D eigenvalue weighted by Gasteiger charge is 2.20. The molecule has 1 heterocycles. The molecule has 5 nitrogen and oxygen atoms in total. The maximum Gasteiger partial charge on any atom is 0.432 e. The Bertz CT molecular complexity index is 385. The molecule has 0 amide bonds. The van der Waals surface area contributed by atoms with Gasteiger partial charge in [-0.1, -0.05) is 0 Å². The molecule has 1 N–H and O–H groups in total. The van der Waals surface area contributed by atoms with Gasteiger partial charge in [0.25, 0.3) is 0 Å². The molecule has 17 heavy (non-hydrogen) atoms. The molecule has 0 bridgehead atoms. The Labute approximate surface area is 101 Å². The number of pyridine rings is 1. The Morgan fingerprint density at radius 3 is 2.41 bits per heavy atom. The molecule has 0 fully saturated rings. The van der Waals surface area contributed by atoms with Gasteiger partial charge in [0, 0.05) is 18.6 Å². The van der Waals surface area contributed by atoms with Crippen molar-refractivity contribution < 1.29 is 13.6 Å². The van der Waals surface area contributed by atoms with Gasteiger partial charge in [0.05, 0.1) is 13.2 Å². The molecule has 0 aromatic carbocycles. The molecule has 6 heteroatoms. The molecule has 0 unspecified atom stereocenters. The third-order valence-corrected chi connectivity index (χ3v) is 3.47. The lowest BCUT2D eigenvalue weighted by atomic mass is 10.3. The maximum atomic E-state index is 12.0. The van der Waals surface area contributed by atoms with E-state index in [0.29, 0.717) is 13.2 Å². The second-order valence-electron chi connectivity index (χ2n) is 3.08. The molecule has 0 radical (unpaired) electrons. The zero-order valence-electron chi connectivity index (χ0n) is 10.00. The second kappa shape index (κ2) is 7.22. The van der Waals surface area contributed by atoms with Gasteiger partial charge in [0.2, 0.25) is 0 Å². The number of nitrogens with one attached hydrogen (secondary N) is 1. The van der Waals surface area contributed by atoms with E-state index >= 15 is 0 Å². The van der Waals surface area contributed by atoms with E-state index in [0.717, 1.165) is 5.56 Å². The monoisotopic (exact) mass is 256 g/mol. The summed E-state index contributed by atoms with van der Waals surface area (Å²) in [6.07, 6.45) is 6.70. The molecule has 1 aromatic rings. The third-order valence-electron chi connectivity index (χ3n) is 1.81. The summed E-state index contributed by atoms with van der Waals surface area (Å²) in [5.41, 5.74) is 0.951. The summed E-state index contributed by atoms with van der Waals surface area (Å²) < 4.78 is 22.1. The lowest BCUT2D eigenvalue weighted by Gasteiger charge is -2.15. The Balaban J connectivity index is 2.58. The van der Waals surface area contributed by atoms with Crippen LogP contribution in [-0.2, 0) is 13.6 Å². The minimum Gasteiger partial charge on any atom is -0.300 e. The average Bonchev–Trinajstić information content (AvgIpc) is 2.31. The first kappa shape index (κ1) is 13.9. The van der Waals surface area contributed by atoms with Gasteiger partial charge in [-0.2, -0.15) is 0 Å². The fourth-order valence-electron chi connectivity index (χ4n) is 1.15. The summed E-state index contributed by atoms with van der Waals surface area (Å²) in [6.45, 7) is 4.18. The summed E-state index contributed by atoms with van der Waals surface area (Å²) >= 11 is 0. The van der Waals surface area contributed by atoms with Crippen LogP contribution in [0.25, 0.3) is 6.08 Å². The van der Waals surface area contributed by atoms with Gasteiger partial charge in [-0.25, -0.2) is 4.57 Å². The van der Waals surface area contributed by atoms with Gasteiger partial charge in [0.1, 0.15) is 0 Å². The van der Waals surface area contributed by atoms with Crippen LogP contribution in [0, 0.1) is 0 Å². The molecule has 1 aromatic heterocycles. The number of hydrogen-bond donors (Lipinski definition) is 1. The SMILES string of the molecule is CCOP(=O)(N/C=C/c1ccncc1)OCC. The zero-order valence-corrected chi connectivity index (χ0v) is 10.9. The standard InChI is InChI=1S/C11H17N2O3P/c1-3-15-17(14,16-4-2)13-10-7-11-5-8-12-9-6-11/h5-10H,3-4H2,1-2H3,(H,13,14)/b10-7+. The van der Waals surface area contributed by atoms with E-state index in [9.17, 15) is 4.57 Å². The van der Waals surface area contributed by atoms with E-state index < -0.39 is 7.75 Å². The first-order valence-corrected chi connectivity index (χ1v) is 6.98. The van der Waals surface area contributed by atoms with E-state index in [4.69, 9.17) is 9.05 Å². The Morgan fingerprint density at radius 2 is 1.88 bits per heavy atom. The summed E-state index contributed by atoms with van der Waals surface area (Å²) in [5.74, 6) is 0. The number of aromatic nitrogens is 1. The van der Waals surface area contributed by atoms with Crippen LogP contribution >= 0.6 is 7.75 Å². The largest absolute Gasteiger partial charge is 0.432 e. The first-order chi connectivity index (χ1) is 8.20. The predicted octanol–water partition coefficient (Wildman–Crippen LogP) is 2.82. The predicted molar refractivity (Wildman–Crippen MR) is 67.3 cm³/mol. The highest BCUT2D eigenvalue weighted by molar-refractivity contribution is 7.51. The van der Waals surface area contributed by atoms with Crippen molar-refractivity contribution >= 4 is 13.8 Å². The van der Waals surface area contributed by atoms with Crippen molar-refractivity contribution in [2.24, 2.45) is 0 Å². The molecule has 0 saturated carbocycles. The van der Waals surface area contributed by atoms with Gasteiger partial charge >= 0.3 is 7.75 Å². The van der Waals surface area contributed by atoms with Gasteiger partial charge in [-0.15, -0.1) is 0 Å². The van der Waals surface area contributed by atoms with E-state index in [-0.39, 0.29) is 0 Å². The minimum atomic E-state index is -3.21. The summed E-state index contributed by atoms with van der Waals surface area (Å²) in [7, 11) is -3.21. The molecular formula is C11H17N2O3P. The van der Waals surface area contributed by atoms with Gasteiger partial charge in [-0.05, 0) is 37.6 Å². The fraction of sp³-hybridized carbons (Fsp3) is 0.364. The van der Waals surface area contributed by atoms with Crippen LogP contribution < -0.4 is 5.09 Å². The van der Waals surface area contributed by atoms with Crippen molar-refractivity contribution in [2.75, 3.05) is 13.2 Å². The fourth-order valence-corrected chi connectivity index (χ4v) is 2.31. The van der Waals surface area contributed by atoms with Crippen LogP contribution in [0.5, 0.6) is 0 Å². The molecular weight excluding hydrogens is 239 g/mol. The number of rotatable bonds is 7. The Kier molecular flexibility index (Phi) is 5.91. The molecule has 1 rings (SSSR count). The second-order valence-corrected chi connectivity index (χ2v) is 4.85. The molecule has 0 atom stereocenters. The quantitative estimate of drug-likeness (QED) is 0.760. The molecule has 0 aliphatic rings. The van der Waals surface area contributed by atoms with Crippen molar-refractivity contribution in [3.8, 4) is 0 Å². The van der Waals surface area contributed by atoms with E-state index in [2.05, 4.69) is 10.1 Å². The molecule has 94 valence electrons. The summed E-state index contributed by atoms with van der Waals surface area (Å²) in [5, 5.41) is 2.66. The normalized spacial score (nSPS) is 11.9. The highest BCUT2D eigenvalue weighted by atomic mass is 31.2. The van der Waals surface area contributed by atoms with E-state index in [1.165, 1.54) is 0 Å². The average molecular weight is 256 g/mol. The van der Waals surface area contributed by atoms with Crippen molar-refractivity contribution in [1.29, 1.82) is 0 Å². The molecule has 0 aliphatic heterocycles. The number of nitrogens with zero attached hydrogens (tertiary/aromatic N) is 1. The van der Waals surface area contributed by atoms with Crippen molar-refractivity contribution in [2.45, 2.75) is 13.8 Å². The molecule has 0 saturated heterocycles. The van der Waals surface area contributed by atoms with Crippen molar-refractivity contribution in [3.05, 3.63) is 36.3 Å². The highest BCUT2D eigenvalue weighted by Crippen LogP contribution is 2.43. The lowest BCUT2D eigenvalue weighted by molar-refractivity contribution is 0.215.